The summed E-state index contributed by atoms with van der Waals surface area (Å²) in [4.78, 5) is 10.2. The number of nitrogens with zero attached hydrogens (tertiary/aromatic N) is 1. The van der Waals surface area contributed by atoms with Crippen molar-refractivity contribution in [2.45, 2.75) is 38.9 Å². The van der Waals surface area contributed by atoms with Gasteiger partial charge in [-0.15, -0.1) is 0 Å². The van der Waals surface area contributed by atoms with Gasteiger partial charge in [0.2, 0.25) is 0 Å². The first-order valence-electron chi connectivity index (χ1n) is 6.02. The molecule has 0 heterocycles. The molecule has 0 bridgehead atoms. The third-order valence-electron chi connectivity index (χ3n) is 2.63. The van der Waals surface area contributed by atoms with Gasteiger partial charge in [-0.3, -0.25) is 10.1 Å². The van der Waals surface area contributed by atoms with E-state index in [1.54, 1.807) is 13.8 Å². The van der Waals surface area contributed by atoms with E-state index in [2.05, 4.69) is 0 Å². The second kappa shape index (κ2) is 5.99. The van der Waals surface area contributed by atoms with Crippen molar-refractivity contribution >= 4 is 5.69 Å². The van der Waals surface area contributed by atoms with E-state index in [0.29, 0.717) is 17.7 Å². The highest BCUT2D eigenvalue weighted by Gasteiger charge is 2.17. The van der Waals surface area contributed by atoms with E-state index in [-0.39, 0.29) is 12.3 Å². The van der Waals surface area contributed by atoms with Gasteiger partial charge in [-0.1, -0.05) is 0 Å². The second-order valence-corrected chi connectivity index (χ2v) is 5.07. The molecule has 0 saturated heterocycles. The van der Waals surface area contributed by atoms with Crippen molar-refractivity contribution in [3.63, 3.8) is 0 Å². The molecule has 0 aliphatic rings. The van der Waals surface area contributed by atoms with Gasteiger partial charge in [0.1, 0.15) is 5.75 Å². The Morgan fingerprint density at radius 3 is 2.58 bits per heavy atom. The van der Waals surface area contributed by atoms with Crippen LogP contribution in [-0.4, -0.2) is 27.3 Å². The van der Waals surface area contributed by atoms with Gasteiger partial charge in [0.05, 0.1) is 23.2 Å². The van der Waals surface area contributed by atoms with Crippen LogP contribution in [0.5, 0.6) is 5.75 Å². The highest BCUT2D eigenvalue weighted by Crippen LogP contribution is 2.29. The fraction of sp³-hybridized carbons (Fsp3) is 0.538. The molecule has 1 atom stereocenters. The molecule has 0 fully saturated rings. The predicted octanol–water partition coefficient (Wildman–Crippen LogP) is 2.19. The van der Waals surface area contributed by atoms with E-state index in [1.165, 1.54) is 25.1 Å². The number of aliphatic hydroxyl groups excluding tert-OH is 1. The summed E-state index contributed by atoms with van der Waals surface area (Å²) in [5.41, 5.74) is -0.568. The van der Waals surface area contributed by atoms with Crippen LogP contribution >= 0.6 is 0 Å². The number of nitro benzene ring substituents is 1. The lowest BCUT2D eigenvalue weighted by molar-refractivity contribution is -0.385. The van der Waals surface area contributed by atoms with Crippen molar-refractivity contribution in [2.75, 3.05) is 6.61 Å². The number of rotatable bonds is 6. The van der Waals surface area contributed by atoms with Crippen LogP contribution in [0.2, 0.25) is 0 Å². The van der Waals surface area contributed by atoms with Gasteiger partial charge in [0.25, 0.3) is 5.69 Å². The van der Waals surface area contributed by atoms with Gasteiger partial charge in [0, 0.05) is 24.1 Å². The van der Waals surface area contributed by atoms with Gasteiger partial charge in [-0.25, -0.2) is 0 Å². The first-order valence-corrected chi connectivity index (χ1v) is 6.02. The largest absolute Gasteiger partial charge is 0.493 e. The minimum atomic E-state index is -0.864. The number of benzene rings is 1. The smallest absolute Gasteiger partial charge is 0.270 e. The van der Waals surface area contributed by atoms with Gasteiger partial charge in [-0.2, -0.15) is 0 Å². The molecule has 0 saturated carbocycles. The van der Waals surface area contributed by atoms with E-state index < -0.39 is 16.6 Å². The first-order chi connectivity index (χ1) is 8.70. The van der Waals surface area contributed by atoms with Crippen LogP contribution in [-0.2, 0) is 0 Å². The monoisotopic (exact) mass is 269 g/mol. The number of hydrogen-bond acceptors (Lipinski definition) is 5. The molecular formula is C13H19NO5. The maximum atomic E-state index is 10.7. The molecule has 1 rings (SSSR count). The van der Waals surface area contributed by atoms with E-state index in [4.69, 9.17) is 4.74 Å². The first kappa shape index (κ1) is 15.4. The molecule has 1 aromatic rings. The predicted molar refractivity (Wildman–Crippen MR) is 70.1 cm³/mol. The van der Waals surface area contributed by atoms with Crippen LogP contribution in [0.3, 0.4) is 0 Å². The molecule has 0 aliphatic heterocycles. The van der Waals surface area contributed by atoms with Crippen LogP contribution in [0, 0.1) is 10.1 Å². The topological polar surface area (TPSA) is 92.8 Å². The molecule has 0 unspecified atom stereocenters. The molecule has 0 aliphatic carbocycles. The summed E-state index contributed by atoms with van der Waals surface area (Å²) in [6.07, 6.45) is -0.444. The summed E-state index contributed by atoms with van der Waals surface area (Å²) in [6, 6.07) is 4.08. The molecule has 106 valence electrons. The summed E-state index contributed by atoms with van der Waals surface area (Å²) in [5, 5.41) is 29.9. The van der Waals surface area contributed by atoms with E-state index >= 15 is 0 Å². The lowest BCUT2D eigenvalue weighted by Gasteiger charge is -2.18. The van der Waals surface area contributed by atoms with Crippen LogP contribution < -0.4 is 4.74 Å². The third-order valence-corrected chi connectivity index (χ3v) is 2.63. The summed E-state index contributed by atoms with van der Waals surface area (Å²) in [6.45, 7) is 5.12. The Morgan fingerprint density at radius 2 is 2.11 bits per heavy atom. The van der Waals surface area contributed by atoms with Gasteiger partial charge in [0.15, 0.2) is 0 Å². The average Bonchev–Trinajstić information content (AvgIpc) is 2.27. The van der Waals surface area contributed by atoms with E-state index in [1.807, 2.05) is 0 Å². The molecule has 0 spiro atoms. The molecule has 6 nitrogen and oxygen atoms in total. The third kappa shape index (κ3) is 4.84. The normalized spacial score (nSPS) is 13.1. The van der Waals surface area contributed by atoms with Gasteiger partial charge in [-0.05, 0) is 26.8 Å². The fourth-order valence-electron chi connectivity index (χ4n) is 1.52. The summed E-state index contributed by atoms with van der Waals surface area (Å²) in [7, 11) is 0. The Balaban J connectivity index is 2.85. The Hall–Kier alpha value is -1.66. The van der Waals surface area contributed by atoms with Crippen molar-refractivity contribution in [1.29, 1.82) is 0 Å². The average molecular weight is 269 g/mol. The van der Waals surface area contributed by atoms with Crippen molar-refractivity contribution < 1.29 is 19.9 Å². The van der Waals surface area contributed by atoms with Gasteiger partial charge < -0.3 is 14.9 Å². The highest BCUT2D eigenvalue weighted by molar-refractivity contribution is 5.44. The minimum absolute atomic E-state index is 0.0919. The quantitative estimate of drug-likeness (QED) is 0.610. The lowest BCUT2D eigenvalue weighted by atomic mass is 10.1. The van der Waals surface area contributed by atoms with Crippen LogP contribution in [0.25, 0.3) is 0 Å². The molecule has 19 heavy (non-hydrogen) atoms. The van der Waals surface area contributed by atoms with Crippen LogP contribution in [0.4, 0.5) is 5.69 Å². The molecule has 2 N–H and O–H groups in total. The van der Waals surface area contributed by atoms with Crippen molar-refractivity contribution in [1.82, 2.24) is 0 Å². The molecule has 6 heteroatoms. The second-order valence-electron chi connectivity index (χ2n) is 5.07. The number of hydrogen-bond donors (Lipinski definition) is 2. The molecule has 0 radical (unpaired) electrons. The van der Waals surface area contributed by atoms with Crippen LogP contribution in [0.1, 0.15) is 38.9 Å². The maximum Gasteiger partial charge on any atom is 0.270 e. The lowest BCUT2D eigenvalue weighted by Crippen LogP contribution is -2.22. The van der Waals surface area contributed by atoms with Crippen molar-refractivity contribution in [3.8, 4) is 5.75 Å². The SMILES string of the molecule is C[C@H](O)c1cc([N+](=O)[O-])ccc1OCCC(C)(C)O. The minimum Gasteiger partial charge on any atom is -0.493 e. The maximum absolute atomic E-state index is 10.7. The zero-order chi connectivity index (χ0) is 14.6. The van der Waals surface area contributed by atoms with Crippen molar-refractivity contribution in [2.24, 2.45) is 0 Å². The molecule has 0 aromatic heterocycles. The van der Waals surface area contributed by atoms with Crippen LogP contribution in [0.15, 0.2) is 18.2 Å². The molecule has 1 aromatic carbocycles. The summed E-state index contributed by atoms with van der Waals surface area (Å²) in [5.74, 6) is 0.393. The Bertz CT molecular complexity index is 451. The Kier molecular flexibility index (Phi) is 4.85. The number of non-ortho nitro benzene ring substituents is 1. The van der Waals surface area contributed by atoms with Crippen molar-refractivity contribution in [3.05, 3.63) is 33.9 Å². The zero-order valence-corrected chi connectivity index (χ0v) is 11.3. The number of aliphatic hydroxyl groups is 2. The fourth-order valence-corrected chi connectivity index (χ4v) is 1.52. The summed E-state index contributed by atoms with van der Waals surface area (Å²) >= 11 is 0. The van der Waals surface area contributed by atoms with E-state index in [0.717, 1.165) is 0 Å². The number of ether oxygens (including phenoxy) is 1. The molecular weight excluding hydrogens is 250 g/mol. The standard InChI is InChI=1S/C13H19NO5/c1-9(15)11-8-10(14(17)18)4-5-12(11)19-7-6-13(2,3)16/h4-5,8-9,15-16H,6-7H2,1-3H3/t9-/m0/s1. The number of nitro groups is 1. The van der Waals surface area contributed by atoms with E-state index in [9.17, 15) is 20.3 Å². The molecule has 0 amide bonds. The van der Waals surface area contributed by atoms with Gasteiger partial charge >= 0.3 is 0 Å². The zero-order valence-electron chi connectivity index (χ0n) is 11.3. The highest BCUT2D eigenvalue weighted by atomic mass is 16.6. The summed E-state index contributed by atoms with van der Waals surface area (Å²) < 4.78 is 5.47. The Labute approximate surface area is 111 Å². The Morgan fingerprint density at radius 1 is 1.47 bits per heavy atom.